The van der Waals surface area contributed by atoms with Crippen LogP contribution >= 0.6 is 23.2 Å². The van der Waals surface area contributed by atoms with E-state index in [4.69, 9.17) is 27.9 Å². The summed E-state index contributed by atoms with van der Waals surface area (Å²) in [5.41, 5.74) is 0.210. The van der Waals surface area contributed by atoms with Crippen LogP contribution in [0.3, 0.4) is 0 Å². The largest absolute Gasteiger partial charge is 0.444 e. The Morgan fingerprint density at radius 3 is 2.44 bits per heavy atom. The van der Waals surface area contributed by atoms with Crippen molar-refractivity contribution < 1.29 is 19.1 Å². The zero-order chi connectivity index (χ0) is 24.9. The lowest BCUT2D eigenvalue weighted by molar-refractivity contribution is -0.115. The minimum Gasteiger partial charge on any atom is -0.444 e. The third-order valence-electron chi connectivity index (χ3n) is 5.18. The molecule has 34 heavy (non-hydrogen) atoms. The van der Waals surface area contributed by atoms with E-state index in [0.717, 1.165) is 0 Å². The molecule has 0 bridgehead atoms. The average molecular weight is 507 g/mol. The van der Waals surface area contributed by atoms with Crippen LogP contribution < -0.4 is 10.6 Å². The first-order valence-corrected chi connectivity index (χ1v) is 11.7. The van der Waals surface area contributed by atoms with Crippen molar-refractivity contribution in [3.8, 4) is 0 Å². The molecule has 0 spiro atoms. The second-order valence-electron chi connectivity index (χ2n) is 9.07. The molecule has 2 heterocycles. The highest BCUT2D eigenvalue weighted by atomic mass is 35.5. The molecule has 1 aliphatic heterocycles. The smallest absolute Gasteiger partial charge is 0.410 e. The molecule has 1 aromatic heterocycles. The summed E-state index contributed by atoms with van der Waals surface area (Å²) in [6, 6.07) is 8.05. The van der Waals surface area contributed by atoms with Crippen LogP contribution in [-0.2, 0) is 16.0 Å². The molecular weight excluding hydrogens is 479 g/mol. The number of rotatable bonds is 5. The summed E-state index contributed by atoms with van der Waals surface area (Å²) < 4.78 is 5.41. The van der Waals surface area contributed by atoms with Crippen LogP contribution in [0.25, 0.3) is 0 Å². The van der Waals surface area contributed by atoms with Gasteiger partial charge in [0, 0.05) is 35.9 Å². The summed E-state index contributed by atoms with van der Waals surface area (Å²) >= 11 is 12.2. The summed E-state index contributed by atoms with van der Waals surface area (Å²) in [5.74, 6) is -0.322. The molecule has 1 fully saturated rings. The number of carbonyl (C=O) groups is 3. The lowest BCUT2D eigenvalue weighted by Crippen LogP contribution is -2.47. The predicted octanol–water partition coefficient (Wildman–Crippen LogP) is 4.70. The van der Waals surface area contributed by atoms with Crippen LogP contribution in [0.1, 0.15) is 49.5 Å². The number of ether oxygens (including phenoxy) is 1. The Balaban J connectivity index is 1.60. The van der Waals surface area contributed by atoms with Gasteiger partial charge >= 0.3 is 6.09 Å². The average Bonchev–Trinajstić information content (AvgIpc) is 2.76. The van der Waals surface area contributed by atoms with E-state index in [1.165, 1.54) is 6.20 Å². The van der Waals surface area contributed by atoms with E-state index in [9.17, 15) is 14.4 Å². The van der Waals surface area contributed by atoms with Gasteiger partial charge in [-0.2, -0.15) is 0 Å². The van der Waals surface area contributed by atoms with Gasteiger partial charge in [0.15, 0.2) is 0 Å². The van der Waals surface area contributed by atoms with E-state index in [-0.39, 0.29) is 30.4 Å². The normalized spacial score (nSPS) is 14.4. The van der Waals surface area contributed by atoms with Crippen molar-refractivity contribution in [3.63, 3.8) is 0 Å². The monoisotopic (exact) mass is 506 g/mol. The maximum absolute atomic E-state index is 13.0. The molecule has 8 nitrogen and oxygen atoms in total. The Bertz CT molecular complexity index is 1050. The number of benzene rings is 1. The van der Waals surface area contributed by atoms with Gasteiger partial charge < -0.3 is 20.3 Å². The lowest BCUT2D eigenvalue weighted by Gasteiger charge is -2.33. The van der Waals surface area contributed by atoms with Gasteiger partial charge in [0.05, 0.1) is 11.4 Å². The first-order valence-electron chi connectivity index (χ1n) is 11.0. The molecule has 2 N–H and O–H groups in total. The number of halogens is 2. The second-order valence-corrected chi connectivity index (χ2v) is 9.91. The molecule has 1 saturated heterocycles. The molecule has 1 aliphatic rings. The second kappa shape index (κ2) is 11.1. The zero-order valence-corrected chi connectivity index (χ0v) is 20.9. The Morgan fingerprint density at radius 2 is 1.82 bits per heavy atom. The van der Waals surface area contributed by atoms with Crippen molar-refractivity contribution in [1.29, 1.82) is 0 Å². The quantitative estimate of drug-likeness (QED) is 0.611. The van der Waals surface area contributed by atoms with E-state index in [1.54, 1.807) is 35.2 Å². The molecule has 3 rings (SSSR count). The number of pyridine rings is 1. The fourth-order valence-electron chi connectivity index (χ4n) is 3.54. The molecule has 0 radical (unpaired) electrons. The maximum Gasteiger partial charge on any atom is 0.410 e. The number of nitrogens with one attached hydrogen (secondary N) is 2. The number of hydrogen-bond donors (Lipinski definition) is 2. The molecule has 0 aliphatic carbocycles. The van der Waals surface area contributed by atoms with Gasteiger partial charge in [0.2, 0.25) is 5.91 Å². The fraction of sp³-hybridized carbons (Fsp3) is 0.417. The lowest BCUT2D eigenvalue weighted by atomic mass is 10.0. The van der Waals surface area contributed by atoms with Crippen LogP contribution in [0.15, 0.2) is 36.5 Å². The molecule has 2 aromatic rings. The van der Waals surface area contributed by atoms with Crippen LogP contribution in [0.2, 0.25) is 10.0 Å². The van der Waals surface area contributed by atoms with Crippen molar-refractivity contribution >= 4 is 46.9 Å². The van der Waals surface area contributed by atoms with Crippen LogP contribution in [0.4, 0.5) is 10.6 Å². The highest BCUT2D eigenvalue weighted by molar-refractivity contribution is 6.32. The number of nitrogens with zero attached hydrogens (tertiary/aromatic N) is 2. The summed E-state index contributed by atoms with van der Waals surface area (Å²) in [7, 11) is 0. The SMILES string of the molecule is CC(C)(C)OC(=O)N1CCC(NC(=O)c2cccc(Cl)c2CC(=O)Nc2ccc(Cl)cn2)CC1. The highest BCUT2D eigenvalue weighted by Gasteiger charge is 2.28. The molecule has 0 saturated carbocycles. The molecule has 10 heteroatoms. The maximum atomic E-state index is 13.0. The fourth-order valence-corrected chi connectivity index (χ4v) is 3.90. The van der Waals surface area contributed by atoms with Gasteiger partial charge in [0.25, 0.3) is 5.91 Å². The first kappa shape index (κ1) is 25.8. The van der Waals surface area contributed by atoms with Crippen molar-refractivity contribution in [2.45, 2.75) is 51.7 Å². The summed E-state index contributed by atoms with van der Waals surface area (Å²) in [6.45, 7) is 6.45. The van der Waals surface area contributed by atoms with E-state index in [1.807, 2.05) is 20.8 Å². The Labute approximate surface area is 209 Å². The number of carbonyl (C=O) groups excluding carboxylic acids is 3. The molecule has 0 unspecified atom stereocenters. The van der Waals surface area contributed by atoms with Gasteiger partial charge in [-0.15, -0.1) is 0 Å². The molecule has 1 aromatic carbocycles. The Kier molecular flexibility index (Phi) is 8.38. The Hall–Kier alpha value is -2.84. The van der Waals surface area contributed by atoms with E-state index in [2.05, 4.69) is 15.6 Å². The van der Waals surface area contributed by atoms with Gasteiger partial charge in [-0.3, -0.25) is 9.59 Å². The van der Waals surface area contributed by atoms with Gasteiger partial charge in [-0.25, -0.2) is 9.78 Å². The van der Waals surface area contributed by atoms with Crippen LogP contribution in [0, 0.1) is 0 Å². The van der Waals surface area contributed by atoms with Crippen molar-refractivity contribution in [2.75, 3.05) is 18.4 Å². The summed E-state index contributed by atoms with van der Waals surface area (Å²) in [5, 5.41) is 6.46. The molecule has 182 valence electrons. The third-order valence-corrected chi connectivity index (χ3v) is 5.76. The van der Waals surface area contributed by atoms with Crippen molar-refractivity contribution in [1.82, 2.24) is 15.2 Å². The highest BCUT2D eigenvalue weighted by Crippen LogP contribution is 2.23. The van der Waals surface area contributed by atoms with E-state index < -0.39 is 5.60 Å². The molecule has 3 amide bonds. The van der Waals surface area contributed by atoms with Gasteiger partial charge in [0.1, 0.15) is 11.4 Å². The minimum atomic E-state index is -0.555. The number of amides is 3. The summed E-state index contributed by atoms with van der Waals surface area (Å²) in [4.78, 5) is 43.5. The number of likely N-dealkylation sites (tertiary alicyclic amines) is 1. The Morgan fingerprint density at radius 1 is 1.12 bits per heavy atom. The first-order chi connectivity index (χ1) is 16.0. The van der Waals surface area contributed by atoms with Crippen molar-refractivity contribution in [3.05, 3.63) is 57.7 Å². The van der Waals surface area contributed by atoms with Crippen LogP contribution in [-0.4, -0.2) is 52.5 Å². The number of anilines is 1. The predicted molar refractivity (Wildman–Crippen MR) is 131 cm³/mol. The van der Waals surface area contributed by atoms with Gasteiger partial charge in [-0.05, 0) is 63.4 Å². The van der Waals surface area contributed by atoms with Crippen LogP contribution in [0.5, 0.6) is 0 Å². The number of hydrogen-bond acceptors (Lipinski definition) is 5. The standard InChI is InChI=1S/C24H28Cl2N4O4/c1-24(2,3)34-23(33)30-11-9-16(10-12-30)28-22(32)17-5-4-6-19(26)18(17)13-21(31)29-20-8-7-15(25)14-27-20/h4-8,14,16H,9-13H2,1-3H3,(H,28,32)(H,27,29,31). The van der Waals surface area contributed by atoms with E-state index >= 15 is 0 Å². The topological polar surface area (TPSA) is 101 Å². The number of piperidine rings is 1. The van der Waals surface area contributed by atoms with Crippen molar-refractivity contribution in [2.24, 2.45) is 0 Å². The minimum absolute atomic E-state index is 0.0934. The molecule has 0 atom stereocenters. The van der Waals surface area contributed by atoms with Gasteiger partial charge in [-0.1, -0.05) is 29.3 Å². The number of aromatic nitrogens is 1. The zero-order valence-electron chi connectivity index (χ0n) is 19.4. The summed E-state index contributed by atoms with van der Waals surface area (Å²) in [6.07, 6.45) is 2.19. The van der Waals surface area contributed by atoms with E-state index in [0.29, 0.717) is 52.9 Å². The third kappa shape index (κ3) is 7.33. The molecular formula is C24H28Cl2N4O4.